The van der Waals surface area contributed by atoms with Gasteiger partial charge in [0, 0.05) is 12.3 Å². The first-order valence-corrected chi connectivity index (χ1v) is 9.62. The zero-order valence-electron chi connectivity index (χ0n) is 18.2. The van der Waals surface area contributed by atoms with E-state index in [0.29, 0.717) is 5.75 Å². The molecule has 2 aromatic rings. The molecule has 3 nitrogen and oxygen atoms in total. The number of hydrogen-bond donors (Lipinski definition) is 1. The quantitative estimate of drug-likeness (QED) is 0.480. The fourth-order valence-electron chi connectivity index (χ4n) is 2.15. The van der Waals surface area contributed by atoms with Crippen molar-refractivity contribution >= 4 is 5.97 Å². The van der Waals surface area contributed by atoms with Crippen LogP contribution in [0.25, 0.3) is 0 Å². The Bertz CT molecular complexity index is 650. The smallest absolute Gasteiger partial charge is 0.308 e. The van der Waals surface area contributed by atoms with Gasteiger partial charge in [0.25, 0.3) is 0 Å². The van der Waals surface area contributed by atoms with Crippen LogP contribution >= 0.6 is 0 Å². The summed E-state index contributed by atoms with van der Waals surface area (Å²) in [6, 6.07) is 14.7. The van der Waals surface area contributed by atoms with Crippen LogP contribution in [0, 0.1) is 5.92 Å². The number of phenolic OH excluding ortho intramolecular Hbond substituents is 1. The third-order valence-electron chi connectivity index (χ3n) is 3.43. The molecule has 0 saturated heterocycles. The Kier molecular flexibility index (Phi) is 11.1. The van der Waals surface area contributed by atoms with Gasteiger partial charge in [-0.25, -0.2) is 0 Å². The van der Waals surface area contributed by atoms with E-state index < -0.39 is 0 Å². The third-order valence-corrected chi connectivity index (χ3v) is 3.43. The van der Waals surface area contributed by atoms with Gasteiger partial charge in [0.05, 0.1) is 0 Å². The van der Waals surface area contributed by atoms with Crippen molar-refractivity contribution < 1.29 is 14.6 Å². The average Bonchev–Trinajstić information content (AvgIpc) is 2.55. The summed E-state index contributed by atoms with van der Waals surface area (Å²) in [6.45, 7) is 16.4. The molecule has 0 aliphatic heterocycles. The van der Waals surface area contributed by atoms with E-state index in [1.54, 1.807) is 24.3 Å². The standard InChI is InChI=1S/C17H18O3.C4H10.C3H8/c1-12(18)20-16-10-6-14(7-11-16)17(2,3)13-4-8-15(19)9-5-13;1-4(2)3;1-3-2/h4-11,19H,1-3H3;4H,1-3H3;3H2,1-2H3. The highest BCUT2D eigenvalue weighted by Gasteiger charge is 2.23. The molecule has 2 rings (SSSR count). The van der Waals surface area contributed by atoms with E-state index in [-0.39, 0.29) is 17.1 Å². The van der Waals surface area contributed by atoms with Crippen molar-refractivity contribution in [2.24, 2.45) is 5.92 Å². The number of aromatic hydroxyl groups is 1. The van der Waals surface area contributed by atoms with Gasteiger partial charge in [0.2, 0.25) is 0 Å². The number of benzene rings is 2. The van der Waals surface area contributed by atoms with Crippen molar-refractivity contribution in [3.8, 4) is 11.5 Å². The lowest BCUT2D eigenvalue weighted by atomic mass is 9.78. The molecule has 0 heterocycles. The lowest BCUT2D eigenvalue weighted by Crippen LogP contribution is -2.18. The molecule has 0 aromatic heterocycles. The largest absolute Gasteiger partial charge is 0.508 e. The monoisotopic (exact) mass is 372 g/mol. The molecule has 0 fully saturated rings. The van der Waals surface area contributed by atoms with Crippen LogP contribution in [-0.4, -0.2) is 11.1 Å². The molecule has 150 valence electrons. The SMILES string of the molecule is CC(=O)Oc1ccc(C(C)(C)c2ccc(O)cc2)cc1.CC(C)C.CCC. The summed E-state index contributed by atoms with van der Waals surface area (Å²) in [4.78, 5) is 10.9. The van der Waals surface area contributed by atoms with Crippen molar-refractivity contribution in [2.75, 3.05) is 0 Å². The molecule has 0 spiro atoms. The Morgan fingerprint density at radius 2 is 1.26 bits per heavy atom. The minimum atomic E-state index is -0.324. The first-order valence-electron chi connectivity index (χ1n) is 9.62. The molecule has 0 bridgehead atoms. The molecule has 0 unspecified atom stereocenters. The second-order valence-electron chi connectivity index (χ2n) is 7.73. The molecule has 0 atom stereocenters. The molecular weight excluding hydrogens is 336 g/mol. The Hall–Kier alpha value is -2.29. The number of ether oxygens (including phenoxy) is 1. The topological polar surface area (TPSA) is 46.5 Å². The van der Waals surface area contributed by atoms with Crippen LogP contribution in [0.3, 0.4) is 0 Å². The van der Waals surface area contributed by atoms with E-state index in [0.717, 1.165) is 17.0 Å². The van der Waals surface area contributed by atoms with Gasteiger partial charge in [0.15, 0.2) is 0 Å². The van der Waals surface area contributed by atoms with E-state index in [1.807, 2.05) is 24.3 Å². The van der Waals surface area contributed by atoms with Crippen LogP contribution in [0.1, 0.15) is 72.9 Å². The van der Waals surface area contributed by atoms with Crippen molar-refractivity contribution in [2.45, 2.75) is 67.2 Å². The summed E-state index contributed by atoms with van der Waals surface area (Å²) in [5.41, 5.74) is 2.03. The van der Waals surface area contributed by atoms with E-state index >= 15 is 0 Å². The van der Waals surface area contributed by atoms with Crippen LogP contribution < -0.4 is 4.74 Å². The van der Waals surface area contributed by atoms with Crippen LogP contribution in [-0.2, 0) is 10.2 Å². The van der Waals surface area contributed by atoms with E-state index in [4.69, 9.17) is 4.74 Å². The summed E-state index contributed by atoms with van der Waals surface area (Å²) in [5.74, 6) is 1.31. The van der Waals surface area contributed by atoms with E-state index in [9.17, 15) is 9.90 Å². The summed E-state index contributed by atoms with van der Waals surface area (Å²) in [5, 5.41) is 9.36. The van der Waals surface area contributed by atoms with Gasteiger partial charge in [-0.15, -0.1) is 0 Å². The summed E-state index contributed by atoms with van der Waals surface area (Å²) < 4.78 is 5.03. The maximum absolute atomic E-state index is 10.9. The second-order valence-corrected chi connectivity index (χ2v) is 7.73. The van der Waals surface area contributed by atoms with Crippen LogP contribution in [0.15, 0.2) is 48.5 Å². The number of phenols is 1. The first-order chi connectivity index (χ1) is 12.5. The van der Waals surface area contributed by atoms with E-state index in [2.05, 4.69) is 48.5 Å². The molecule has 0 amide bonds. The lowest BCUT2D eigenvalue weighted by Gasteiger charge is -2.26. The van der Waals surface area contributed by atoms with Gasteiger partial charge in [-0.3, -0.25) is 4.79 Å². The van der Waals surface area contributed by atoms with E-state index in [1.165, 1.54) is 13.3 Å². The van der Waals surface area contributed by atoms with Crippen molar-refractivity contribution in [3.63, 3.8) is 0 Å². The maximum Gasteiger partial charge on any atom is 0.308 e. The number of rotatable bonds is 3. The Morgan fingerprint density at radius 3 is 1.59 bits per heavy atom. The molecule has 3 heteroatoms. The summed E-state index contributed by atoms with van der Waals surface area (Å²) >= 11 is 0. The molecule has 27 heavy (non-hydrogen) atoms. The van der Waals surface area contributed by atoms with Gasteiger partial charge in [-0.2, -0.15) is 0 Å². The molecule has 1 N–H and O–H groups in total. The van der Waals surface area contributed by atoms with Gasteiger partial charge in [-0.1, -0.05) is 79.2 Å². The first kappa shape index (κ1) is 24.7. The van der Waals surface area contributed by atoms with Gasteiger partial charge in [-0.05, 0) is 41.3 Å². The summed E-state index contributed by atoms with van der Waals surface area (Å²) in [7, 11) is 0. The van der Waals surface area contributed by atoms with Crippen LogP contribution in [0.2, 0.25) is 0 Å². The number of carbonyl (C=O) groups is 1. The predicted octanol–water partition coefficient (Wildman–Crippen LogP) is 6.72. The number of esters is 1. The highest BCUT2D eigenvalue weighted by Crippen LogP contribution is 2.33. The van der Waals surface area contributed by atoms with Gasteiger partial charge in [0.1, 0.15) is 11.5 Å². The zero-order valence-corrected chi connectivity index (χ0v) is 18.2. The minimum Gasteiger partial charge on any atom is -0.508 e. The molecule has 2 aromatic carbocycles. The highest BCUT2D eigenvalue weighted by molar-refractivity contribution is 5.69. The zero-order chi connectivity index (χ0) is 21.0. The second kappa shape index (κ2) is 12.2. The normalized spacial score (nSPS) is 10.3. The van der Waals surface area contributed by atoms with Crippen molar-refractivity contribution in [1.82, 2.24) is 0 Å². The van der Waals surface area contributed by atoms with Crippen molar-refractivity contribution in [1.29, 1.82) is 0 Å². The predicted molar refractivity (Wildman–Crippen MR) is 114 cm³/mol. The van der Waals surface area contributed by atoms with Crippen LogP contribution in [0.4, 0.5) is 0 Å². The highest BCUT2D eigenvalue weighted by atomic mass is 16.5. The third kappa shape index (κ3) is 9.83. The number of carbonyl (C=O) groups excluding carboxylic acids is 1. The fraction of sp³-hybridized carbons (Fsp3) is 0.458. The average molecular weight is 373 g/mol. The number of hydrogen-bond acceptors (Lipinski definition) is 3. The molecule has 0 aliphatic rings. The fourth-order valence-corrected chi connectivity index (χ4v) is 2.15. The molecule has 0 aliphatic carbocycles. The van der Waals surface area contributed by atoms with Crippen LogP contribution in [0.5, 0.6) is 11.5 Å². The summed E-state index contributed by atoms with van der Waals surface area (Å²) in [6.07, 6.45) is 1.25. The minimum absolute atomic E-state index is 0.192. The molecule has 0 saturated carbocycles. The van der Waals surface area contributed by atoms with Crippen molar-refractivity contribution in [3.05, 3.63) is 59.7 Å². The Morgan fingerprint density at radius 1 is 0.926 bits per heavy atom. The lowest BCUT2D eigenvalue weighted by molar-refractivity contribution is -0.131. The molecule has 0 radical (unpaired) electrons. The molecular formula is C24H36O3. The maximum atomic E-state index is 10.9. The van der Waals surface area contributed by atoms with Gasteiger partial charge >= 0.3 is 5.97 Å². The Balaban J connectivity index is 0.000000836. The van der Waals surface area contributed by atoms with Gasteiger partial charge < -0.3 is 9.84 Å². The Labute approximate surface area is 165 Å².